The first kappa shape index (κ1) is 26.0. The van der Waals surface area contributed by atoms with E-state index in [-0.39, 0.29) is 0 Å². The van der Waals surface area contributed by atoms with Gasteiger partial charge in [0.15, 0.2) is 0 Å². The number of nitrogens with one attached hydrogen (secondary N) is 1. The highest BCUT2D eigenvalue weighted by molar-refractivity contribution is 5.14. The molecule has 0 radical (unpaired) electrons. The van der Waals surface area contributed by atoms with Crippen LogP contribution in [0.5, 0.6) is 0 Å². The number of hydrogen-bond donors (Lipinski definition) is 4. The van der Waals surface area contributed by atoms with E-state index in [0.29, 0.717) is 6.54 Å². The highest BCUT2D eigenvalue weighted by atomic mass is 19.3. The van der Waals surface area contributed by atoms with Gasteiger partial charge in [0.25, 0.3) is 11.8 Å². The molecule has 0 amide bonds. The van der Waals surface area contributed by atoms with Gasteiger partial charge in [0, 0.05) is 13.7 Å². The van der Waals surface area contributed by atoms with Gasteiger partial charge in [-0.1, -0.05) is 30.3 Å². The van der Waals surface area contributed by atoms with E-state index in [4.69, 9.17) is 15.3 Å². The predicted octanol–water partition coefficient (Wildman–Crippen LogP) is 1.19. The number of hydrogen-bond acceptors (Lipinski definition) is 5. The van der Waals surface area contributed by atoms with E-state index in [1.807, 2.05) is 30.3 Å². The third kappa shape index (κ3) is 14.8. The summed E-state index contributed by atoms with van der Waals surface area (Å²) in [6.45, 7) is -2.64. The van der Waals surface area contributed by atoms with Crippen molar-refractivity contribution in [3.05, 3.63) is 35.9 Å². The van der Waals surface area contributed by atoms with E-state index in [1.165, 1.54) is 11.9 Å². The van der Waals surface area contributed by atoms with E-state index in [0.717, 1.165) is 12.7 Å². The van der Waals surface area contributed by atoms with Gasteiger partial charge in [-0.05, 0) is 19.7 Å². The Morgan fingerprint density at radius 3 is 1.80 bits per heavy atom. The minimum Gasteiger partial charge on any atom is -0.400 e. The number of aliphatic hydroxyl groups excluding tert-OH is 3. The van der Waals surface area contributed by atoms with Crippen LogP contribution in [-0.4, -0.2) is 79.6 Å². The quantitative estimate of drug-likeness (QED) is 0.516. The molecule has 0 aliphatic carbocycles. The van der Waals surface area contributed by atoms with Crippen molar-refractivity contribution < 1.29 is 32.9 Å². The van der Waals surface area contributed by atoms with E-state index >= 15 is 0 Å². The molecule has 0 bridgehead atoms. The molecule has 0 aliphatic heterocycles. The zero-order valence-corrected chi connectivity index (χ0v) is 14.7. The van der Waals surface area contributed by atoms with Crippen molar-refractivity contribution >= 4 is 0 Å². The van der Waals surface area contributed by atoms with Crippen molar-refractivity contribution in [1.29, 1.82) is 0 Å². The first-order valence-corrected chi connectivity index (χ1v) is 7.45. The summed E-state index contributed by atoms with van der Waals surface area (Å²) in [6, 6.07) is 9.38. The van der Waals surface area contributed by atoms with E-state index in [1.54, 1.807) is 7.05 Å². The predicted molar refractivity (Wildman–Crippen MR) is 88.9 cm³/mol. The van der Waals surface area contributed by atoms with Crippen molar-refractivity contribution in [1.82, 2.24) is 10.2 Å². The highest BCUT2D eigenvalue weighted by Gasteiger charge is 2.29. The summed E-state index contributed by atoms with van der Waals surface area (Å²) in [5.74, 6) is -5.99. The van der Waals surface area contributed by atoms with Gasteiger partial charge in [-0.25, -0.2) is 17.6 Å². The van der Waals surface area contributed by atoms with E-state index < -0.39 is 38.1 Å². The second-order valence-electron chi connectivity index (χ2n) is 5.22. The Hall–Kier alpha value is -1.26. The molecular formula is C16H28F4N2O3. The van der Waals surface area contributed by atoms with Crippen LogP contribution in [0.3, 0.4) is 0 Å². The summed E-state index contributed by atoms with van der Waals surface area (Å²) in [5.41, 5.74) is 0.980. The molecule has 0 unspecified atom stereocenters. The largest absolute Gasteiger partial charge is 0.400 e. The van der Waals surface area contributed by atoms with Gasteiger partial charge in [0.1, 0.15) is 13.2 Å². The number of nitrogens with zero attached hydrogens (tertiary/aromatic N) is 1. The van der Waals surface area contributed by atoms with Gasteiger partial charge in [0.2, 0.25) is 0 Å². The minimum absolute atomic E-state index is 0.432. The Balaban J connectivity index is 0. The SMILES string of the molecule is CN(Cc1ccccc1)CC(F)(F)CO.CNCC(F)(F)CO.CO. The summed E-state index contributed by atoms with van der Waals surface area (Å²) >= 11 is 0. The Bertz CT molecular complexity index is 423. The minimum atomic E-state index is -3.02. The van der Waals surface area contributed by atoms with Crippen LogP contribution in [0.25, 0.3) is 0 Å². The van der Waals surface area contributed by atoms with E-state index in [2.05, 4.69) is 5.32 Å². The Kier molecular flexibility index (Phi) is 14.5. The molecule has 25 heavy (non-hydrogen) atoms. The number of alkyl halides is 4. The molecule has 0 heterocycles. The fraction of sp³-hybridized carbons (Fsp3) is 0.625. The summed E-state index contributed by atoms with van der Waals surface area (Å²) in [7, 11) is 4.01. The van der Waals surface area contributed by atoms with Crippen molar-refractivity contribution in [3.8, 4) is 0 Å². The van der Waals surface area contributed by atoms with Crippen LogP contribution in [0.4, 0.5) is 17.6 Å². The van der Waals surface area contributed by atoms with E-state index in [9.17, 15) is 17.6 Å². The van der Waals surface area contributed by atoms with Crippen LogP contribution in [0.2, 0.25) is 0 Å². The maximum atomic E-state index is 12.8. The molecule has 0 saturated heterocycles. The van der Waals surface area contributed by atoms with Gasteiger partial charge < -0.3 is 20.6 Å². The van der Waals surface area contributed by atoms with Gasteiger partial charge in [-0.15, -0.1) is 0 Å². The molecule has 0 atom stereocenters. The molecule has 0 fully saturated rings. The average molecular weight is 372 g/mol. The first-order chi connectivity index (χ1) is 11.7. The number of rotatable bonds is 8. The molecule has 1 aromatic rings. The maximum Gasteiger partial charge on any atom is 0.283 e. The maximum absolute atomic E-state index is 12.8. The Labute approximate surface area is 145 Å². The molecule has 9 heteroatoms. The van der Waals surface area contributed by atoms with Crippen molar-refractivity contribution in [2.45, 2.75) is 18.4 Å². The zero-order valence-electron chi connectivity index (χ0n) is 14.7. The summed E-state index contributed by atoms with van der Waals surface area (Å²) in [6.07, 6.45) is 0. The monoisotopic (exact) mass is 372 g/mol. The molecule has 4 N–H and O–H groups in total. The third-order valence-electron chi connectivity index (χ3n) is 2.69. The molecule has 5 nitrogen and oxygen atoms in total. The topological polar surface area (TPSA) is 76.0 Å². The average Bonchev–Trinajstić information content (AvgIpc) is 2.57. The number of benzene rings is 1. The fourth-order valence-electron chi connectivity index (χ4n) is 1.71. The molecule has 0 saturated carbocycles. The highest BCUT2D eigenvalue weighted by Crippen LogP contribution is 2.14. The fourth-order valence-corrected chi connectivity index (χ4v) is 1.71. The second kappa shape index (κ2) is 14.0. The van der Waals surface area contributed by atoms with Gasteiger partial charge in [-0.3, -0.25) is 4.90 Å². The summed E-state index contributed by atoms with van der Waals surface area (Å²) in [4.78, 5) is 1.49. The number of halogens is 4. The molecular weight excluding hydrogens is 344 g/mol. The Morgan fingerprint density at radius 1 is 0.960 bits per heavy atom. The van der Waals surface area contributed by atoms with Crippen molar-refractivity contribution in [2.75, 3.05) is 47.5 Å². The van der Waals surface area contributed by atoms with Crippen LogP contribution in [0.1, 0.15) is 5.56 Å². The first-order valence-electron chi connectivity index (χ1n) is 7.45. The van der Waals surface area contributed by atoms with Crippen LogP contribution < -0.4 is 5.32 Å². The van der Waals surface area contributed by atoms with Crippen molar-refractivity contribution in [2.24, 2.45) is 0 Å². The smallest absolute Gasteiger partial charge is 0.283 e. The van der Waals surface area contributed by atoms with Crippen LogP contribution in [-0.2, 0) is 6.54 Å². The normalized spacial score (nSPS) is 11.3. The molecule has 0 spiro atoms. The Morgan fingerprint density at radius 2 is 1.44 bits per heavy atom. The second-order valence-corrected chi connectivity index (χ2v) is 5.22. The van der Waals surface area contributed by atoms with Crippen molar-refractivity contribution in [3.63, 3.8) is 0 Å². The zero-order chi connectivity index (χ0) is 19.9. The molecule has 0 aromatic heterocycles. The lowest BCUT2D eigenvalue weighted by molar-refractivity contribution is -0.0699. The third-order valence-corrected chi connectivity index (χ3v) is 2.69. The van der Waals surface area contributed by atoms with Crippen LogP contribution in [0.15, 0.2) is 30.3 Å². The van der Waals surface area contributed by atoms with Gasteiger partial charge in [0.05, 0.1) is 13.1 Å². The van der Waals surface area contributed by atoms with Gasteiger partial charge >= 0.3 is 0 Å². The molecule has 148 valence electrons. The lowest BCUT2D eigenvalue weighted by Crippen LogP contribution is -2.36. The summed E-state index contributed by atoms with van der Waals surface area (Å²) < 4.78 is 49.3. The van der Waals surface area contributed by atoms with Gasteiger partial charge in [-0.2, -0.15) is 0 Å². The molecule has 0 aliphatic rings. The van der Waals surface area contributed by atoms with Crippen LogP contribution >= 0.6 is 0 Å². The molecule has 1 rings (SSSR count). The molecule has 1 aromatic carbocycles. The number of aliphatic hydroxyl groups is 3. The lowest BCUT2D eigenvalue weighted by Gasteiger charge is -2.22. The van der Waals surface area contributed by atoms with Crippen LogP contribution in [0, 0.1) is 0 Å². The lowest BCUT2D eigenvalue weighted by atomic mass is 10.2. The summed E-state index contributed by atoms with van der Waals surface area (Å²) in [5, 5.41) is 25.6. The standard InChI is InChI=1S/C11H15F2NO.C4H9F2NO.CH4O/c1-14(8-11(12,13)9-15)7-10-5-3-2-4-6-10;1-7-2-4(5,6)3-8;1-2/h2-6,15H,7-9H2,1H3;7-8H,2-3H2,1H3;2H,1H3.